The number of nitrogens with one attached hydrogen (secondary N) is 1. The van der Waals surface area contributed by atoms with Crippen LogP contribution in [0.25, 0.3) is 0 Å². The molecule has 6 heteroatoms. The predicted octanol–water partition coefficient (Wildman–Crippen LogP) is -1.13. The number of hydrogen-bond donors (Lipinski definition) is 1. The quantitative estimate of drug-likeness (QED) is 0.682. The zero-order valence-electron chi connectivity index (χ0n) is 10.4. The number of amides is 1. The second-order valence-electron chi connectivity index (χ2n) is 4.64. The minimum Gasteiger partial charge on any atom is -0.339 e. The molecule has 1 amide bonds. The second kappa shape index (κ2) is 5.93. The van der Waals surface area contributed by atoms with Crippen molar-refractivity contribution in [2.24, 2.45) is 0 Å². The first-order chi connectivity index (χ1) is 8.18. The van der Waals surface area contributed by atoms with Gasteiger partial charge in [0.2, 0.25) is 5.91 Å². The number of rotatable bonds is 2. The summed E-state index contributed by atoms with van der Waals surface area (Å²) < 4.78 is 11.3. The normalized spacial score (nSPS) is 25.8. The summed E-state index contributed by atoms with van der Waals surface area (Å²) in [6, 6.07) is -0.0644. The molecule has 2 saturated heterocycles. The van der Waals surface area contributed by atoms with E-state index in [1.165, 1.54) is 0 Å². The smallest absolute Gasteiger partial charge is 0.239 e. The van der Waals surface area contributed by atoms with Gasteiger partial charge in [-0.25, -0.2) is 0 Å². The summed E-state index contributed by atoms with van der Waals surface area (Å²) in [5, 5.41) is 3.25. The molecule has 2 aliphatic rings. The highest BCUT2D eigenvalue weighted by Crippen LogP contribution is 2.09. The topological polar surface area (TPSA) is 52.7 Å². The maximum atomic E-state index is 12.3. The highest BCUT2D eigenvalue weighted by atomic mass is 32.2. The lowest BCUT2D eigenvalue weighted by Gasteiger charge is -2.36. The molecule has 0 aromatic rings. The Kier molecular flexibility index (Phi) is 4.53. The third-order valence-electron chi connectivity index (χ3n) is 3.55. The van der Waals surface area contributed by atoms with Crippen LogP contribution < -0.4 is 5.32 Å². The first kappa shape index (κ1) is 13.0. The summed E-state index contributed by atoms with van der Waals surface area (Å²) in [6.07, 6.45) is 0. The number of nitrogens with zero attached hydrogens (tertiary/aromatic N) is 2. The second-order valence-corrected chi connectivity index (χ2v) is 6.33. The highest BCUT2D eigenvalue weighted by Gasteiger charge is 2.28. The van der Waals surface area contributed by atoms with Crippen molar-refractivity contribution in [1.29, 1.82) is 0 Å². The molecule has 17 heavy (non-hydrogen) atoms. The van der Waals surface area contributed by atoms with Crippen molar-refractivity contribution in [3.63, 3.8) is 0 Å². The Morgan fingerprint density at radius 1 is 1.18 bits per heavy atom. The van der Waals surface area contributed by atoms with Crippen LogP contribution in [0.3, 0.4) is 0 Å². The fraction of sp³-hybridized carbons (Fsp3) is 0.909. The van der Waals surface area contributed by atoms with Crippen LogP contribution in [0.5, 0.6) is 0 Å². The van der Waals surface area contributed by atoms with Crippen LogP contribution in [0.15, 0.2) is 0 Å². The molecule has 2 aliphatic heterocycles. The molecule has 5 nitrogen and oxygen atoms in total. The van der Waals surface area contributed by atoms with Crippen molar-refractivity contribution in [1.82, 2.24) is 15.1 Å². The Morgan fingerprint density at radius 2 is 1.76 bits per heavy atom. The zero-order valence-corrected chi connectivity index (χ0v) is 11.2. The molecule has 2 rings (SSSR count). The standard InChI is InChI=1S/C11H21N3O2S/c1-10(13-6-8-17(16)9-7-13)11(15)14-4-2-12-3-5-14/h10,12H,2-9H2,1H3. The minimum absolute atomic E-state index is 0.0644. The van der Waals surface area contributed by atoms with E-state index in [1.807, 2.05) is 11.8 Å². The Balaban J connectivity index is 1.87. The van der Waals surface area contributed by atoms with Crippen molar-refractivity contribution in [2.45, 2.75) is 13.0 Å². The van der Waals surface area contributed by atoms with E-state index in [0.29, 0.717) is 11.5 Å². The molecular formula is C11H21N3O2S. The molecule has 0 radical (unpaired) electrons. The van der Waals surface area contributed by atoms with Gasteiger partial charge in [0.15, 0.2) is 0 Å². The molecule has 1 atom stereocenters. The average Bonchev–Trinajstić information content (AvgIpc) is 2.39. The Bertz CT molecular complexity index is 295. The van der Waals surface area contributed by atoms with Crippen molar-refractivity contribution >= 4 is 16.7 Å². The fourth-order valence-electron chi connectivity index (χ4n) is 2.34. The monoisotopic (exact) mass is 259 g/mol. The largest absolute Gasteiger partial charge is 0.339 e. The van der Waals surface area contributed by atoms with Crippen LogP contribution in [0.4, 0.5) is 0 Å². The van der Waals surface area contributed by atoms with Crippen LogP contribution >= 0.6 is 0 Å². The number of hydrogen-bond acceptors (Lipinski definition) is 4. The van der Waals surface area contributed by atoms with Crippen LogP contribution in [0.1, 0.15) is 6.92 Å². The molecule has 1 N–H and O–H groups in total. The summed E-state index contributed by atoms with van der Waals surface area (Å²) >= 11 is 0. The van der Waals surface area contributed by atoms with Gasteiger partial charge in [0.25, 0.3) is 0 Å². The summed E-state index contributed by atoms with van der Waals surface area (Å²) in [7, 11) is -0.672. The van der Waals surface area contributed by atoms with E-state index in [1.54, 1.807) is 0 Å². The van der Waals surface area contributed by atoms with Gasteiger partial charge in [-0.05, 0) is 6.92 Å². The number of piperazine rings is 1. The molecule has 0 saturated carbocycles. The van der Waals surface area contributed by atoms with E-state index in [0.717, 1.165) is 39.3 Å². The highest BCUT2D eigenvalue weighted by molar-refractivity contribution is 7.85. The Morgan fingerprint density at radius 3 is 2.35 bits per heavy atom. The van der Waals surface area contributed by atoms with Crippen LogP contribution in [0.2, 0.25) is 0 Å². The summed E-state index contributed by atoms with van der Waals surface area (Å²) in [6.45, 7) is 6.94. The zero-order chi connectivity index (χ0) is 12.3. The maximum absolute atomic E-state index is 12.3. The Labute approximate surface area is 105 Å². The SMILES string of the molecule is CC(C(=O)N1CCNCC1)N1CCS(=O)CC1. The first-order valence-corrected chi connectivity index (χ1v) is 7.76. The molecule has 0 aromatic carbocycles. The van der Waals surface area contributed by atoms with Gasteiger partial charge in [-0.15, -0.1) is 0 Å². The fourth-order valence-corrected chi connectivity index (χ4v) is 3.43. The molecule has 0 aliphatic carbocycles. The summed E-state index contributed by atoms with van der Waals surface area (Å²) in [4.78, 5) is 16.4. The van der Waals surface area contributed by atoms with E-state index >= 15 is 0 Å². The van der Waals surface area contributed by atoms with Crippen molar-refractivity contribution < 1.29 is 9.00 Å². The molecule has 2 fully saturated rings. The first-order valence-electron chi connectivity index (χ1n) is 6.27. The third kappa shape index (κ3) is 3.26. The van der Waals surface area contributed by atoms with Gasteiger partial charge in [0.05, 0.1) is 6.04 Å². The summed E-state index contributed by atoms with van der Waals surface area (Å²) in [5.74, 6) is 1.64. The summed E-state index contributed by atoms with van der Waals surface area (Å²) in [5.41, 5.74) is 0. The van der Waals surface area contributed by atoms with E-state index in [4.69, 9.17) is 0 Å². The molecular weight excluding hydrogens is 238 g/mol. The van der Waals surface area contributed by atoms with Gasteiger partial charge in [0, 0.05) is 61.6 Å². The van der Waals surface area contributed by atoms with Gasteiger partial charge in [-0.1, -0.05) is 0 Å². The molecule has 2 heterocycles. The van der Waals surface area contributed by atoms with Gasteiger partial charge >= 0.3 is 0 Å². The van der Waals surface area contributed by atoms with Crippen LogP contribution in [0, 0.1) is 0 Å². The van der Waals surface area contributed by atoms with Crippen molar-refractivity contribution in [2.75, 3.05) is 50.8 Å². The lowest BCUT2D eigenvalue weighted by atomic mass is 10.2. The predicted molar refractivity (Wildman–Crippen MR) is 68.4 cm³/mol. The molecule has 1 unspecified atom stereocenters. The van der Waals surface area contributed by atoms with E-state index in [-0.39, 0.29) is 11.9 Å². The van der Waals surface area contributed by atoms with Crippen molar-refractivity contribution in [3.8, 4) is 0 Å². The van der Waals surface area contributed by atoms with Crippen LogP contribution in [-0.4, -0.2) is 76.7 Å². The molecule has 0 aromatic heterocycles. The number of carbonyl (C=O) groups excluding carboxylic acids is 1. The maximum Gasteiger partial charge on any atom is 0.239 e. The molecule has 98 valence electrons. The van der Waals surface area contributed by atoms with Crippen LogP contribution in [-0.2, 0) is 15.6 Å². The minimum atomic E-state index is -0.672. The molecule has 0 spiro atoms. The number of carbonyl (C=O) groups is 1. The van der Waals surface area contributed by atoms with Gasteiger partial charge in [-0.2, -0.15) is 0 Å². The van der Waals surface area contributed by atoms with Gasteiger partial charge < -0.3 is 10.2 Å². The van der Waals surface area contributed by atoms with Gasteiger partial charge in [0.1, 0.15) is 0 Å². The van der Waals surface area contributed by atoms with Crippen molar-refractivity contribution in [3.05, 3.63) is 0 Å². The third-order valence-corrected chi connectivity index (χ3v) is 4.82. The average molecular weight is 259 g/mol. The Hall–Kier alpha value is -0.460. The van der Waals surface area contributed by atoms with E-state index in [9.17, 15) is 9.00 Å². The lowest BCUT2D eigenvalue weighted by molar-refractivity contribution is -0.136. The van der Waals surface area contributed by atoms with Gasteiger partial charge in [-0.3, -0.25) is 13.9 Å². The van der Waals surface area contributed by atoms with E-state index in [2.05, 4.69) is 10.2 Å². The molecule has 0 bridgehead atoms. The van der Waals surface area contributed by atoms with E-state index < -0.39 is 10.8 Å². The lowest BCUT2D eigenvalue weighted by Crippen LogP contribution is -2.55.